The van der Waals surface area contributed by atoms with Gasteiger partial charge in [0.1, 0.15) is 13.2 Å². The highest BCUT2D eigenvalue weighted by Gasteiger charge is 2.25. The highest BCUT2D eigenvalue weighted by molar-refractivity contribution is 5.71. The molecule has 81 heavy (non-hydrogen) atoms. The molecule has 0 bridgehead atoms. The summed E-state index contributed by atoms with van der Waals surface area (Å²) in [5.41, 5.74) is 0. The zero-order valence-corrected chi connectivity index (χ0v) is 51.9. The van der Waals surface area contributed by atoms with E-state index in [1.165, 1.54) is 32.1 Å². The van der Waals surface area contributed by atoms with Crippen LogP contribution >= 0.6 is 0 Å². The number of ether oxygens (including phenoxy) is 4. The van der Waals surface area contributed by atoms with Crippen LogP contribution < -0.4 is 0 Å². The van der Waals surface area contributed by atoms with E-state index in [-0.39, 0.29) is 38.6 Å². The van der Waals surface area contributed by atoms with Crippen molar-refractivity contribution in [1.82, 2.24) is 0 Å². The van der Waals surface area contributed by atoms with Gasteiger partial charge in [0.15, 0.2) is 6.10 Å². The van der Waals surface area contributed by atoms with Crippen molar-refractivity contribution < 1.29 is 42.9 Å². The lowest BCUT2D eigenvalue weighted by atomic mass is 10.1. The molecule has 0 saturated carbocycles. The molecular weight excluding hydrogens is 1010 g/mol. The number of unbranched alkanes of at least 4 members (excludes halogenated alkanes) is 15. The minimum atomic E-state index is -1.53. The van der Waals surface area contributed by atoms with Crippen LogP contribution in [0.4, 0.5) is 0 Å². The number of carboxylic acids is 1. The quantitative estimate of drug-likeness (QED) is 0.0211. The fraction of sp³-hybridized carbons (Fsp3) is 0.597. The maximum atomic E-state index is 12.9. The topological polar surface area (TPSA) is 108 Å². The van der Waals surface area contributed by atoms with Crippen LogP contribution in [-0.4, -0.2) is 87.4 Å². The van der Waals surface area contributed by atoms with E-state index >= 15 is 0 Å². The maximum Gasteiger partial charge on any atom is 0.361 e. The van der Waals surface area contributed by atoms with Crippen molar-refractivity contribution in [3.05, 3.63) is 158 Å². The van der Waals surface area contributed by atoms with Crippen molar-refractivity contribution >= 4 is 17.9 Å². The molecule has 0 aliphatic rings. The lowest BCUT2D eigenvalue weighted by Gasteiger charge is -2.25. The second-order valence-electron chi connectivity index (χ2n) is 21.6. The Bertz CT molecular complexity index is 1880. The van der Waals surface area contributed by atoms with E-state index in [1.54, 1.807) is 0 Å². The van der Waals surface area contributed by atoms with Gasteiger partial charge >= 0.3 is 17.9 Å². The molecule has 0 heterocycles. The number of rotatable bonds is 56. The Morgan fingerprint density at radius 2 is 0.667 bits per heavy atom. The molecule has 456 valence electrons. The zero-order valence-electron chi connectivity index (χ0n) is 51.9. The first kappa shape index (κ1) is 75.9. The summed E-state index contributed by atoms with van der Waals surface area (Å²) in [6.07, 6.45) is 87.6. The standard InChI is InChI=1S/C72H115NO8/c1-6-8-10-12-14-16-18-20-22-24-26-27-28-29-30-31-32-33-34-35-36-37-38-39-40-41-42-43-45-47-49-51-53-55-57-59-61-63-70(75)81-68(67-80-72(71(76)77)78-65-64-73(3,4)5)66-79-69(74)62-60-58-56-54-52-50-48-46-44-25-23-21-19-17-15-13-11-9-7-2/h8-11,14-17,20-23,26-27,29-30,32-33,35-36,38-39,41-42,44,46,68,72H,6-7,12-13,18-19,24-25,28,31,34,37,40,43,45,47-67H2,1-5H3/p+1/b10-8-,11-9-,16-14-,17-15-,22-20-,23-21-,27-26-,30-29-,33-32-,36-35-,39-38-,42-41-,46-44-. The van der Waals surface area contributed by atoms with Gasteiger partial charge < -0.3 is 28.5 Å². The molecule has 0 rings (SSSR count). The van der Waals surface area contributed by atoms with E-state index in [4.69, 9.17) is 18.9 Å². The average Bonchev–Trinajstić information content (AvgIpc) is 3.44. The van der Waals surface area contributed by atoms with E-state index in [2.05, 4.69) is 172 Å². The molecule has 0 aliphatic heterocycles. The summed E-state index contributed by atoms with van der Waals surface area (Å²) < 4.78 is 22.9. The molecular formula is C72H116NO8+. The second-order valence-corrected chi connectivity index (χ2v) is 21.6. The number of carbonyl (C=O) groups excluding carboxylic acids is 2. The van der Waals surface area contributed by atoms with Crippen molar-refractivity contribution in [3.8, 4) is 0 Å². The largest absolute Gasteiger partial charge is 0.477 e. The SMILES string of the molecule is CC/C=C\C/C=C\C/C=C\C/C=C\C/C=C\C/C=C\C/C=C\C/C=C\C/C=C\CCCCCCCCCCCC(=O)OC(COC(=O)CCCCCCCC/C=C\C/C=C\C/C=C\C/C=C\CC)COC(OCC[N+](C)(C)C)C(=O)O. The van der Waals surface area contributed by atoms with Gasteiger partial charge in [-0.25, -0.2) is 4.79 Å². The Kier molecular flexibility index (Phi) is 57.2. The Hall–Kier alpha value is -5.09. The minimum Gasteiger partial charge on any atom is -0.477 e. The Labute approximate surface area is 495 Å². The lowest BCUT2D eigenvalue weighted by molar-refractivity contribution is -0.870. The number of hydrogen-bond donors (Lipinski definition) is 1. The number of allylic oxidation sites excluding steroid dienone is 26. The second kappa shape index (κ2) is 61.0. The summed E-state index contributed by atoms with van der Waals surface area (Å²) in [5, 5.41) is 9.72. The van der Waals surface area contributed by atoms with Crippen LogP contribution in [0.1, 0.15) is 219 Å². The van der Waals surface area contributed by atoms with Crippen molar-refractivity contribution in [1.29, 1.82) is 0 Å². The number of aliphatic carboxylic acids is 1. The third-order valence-corrected chi connectivity index (χ3v) is 12.8. The third kappa shape index (κ3) is 62.4. The zero-order chi connectivity index (χ0) is 59.1. The molecule has 0 radical (unpaired) electrons. The molecule has 9 heteroatoms. The Morgan fingerprint density at radius 3 is 0.988 bits per heavy atom. The van der Waals surface area contributed by atoms with Crippen LogP contribution in [0.2, 0.25) is 0 Å². The van der Waals surface area contributed by atoms with Crippen LogP contribution in [0, 0.1) is 0 Å². The highest BCUT2D eigenvalue weighted by Crippen LogP contribution is 2.14. The number of likely N-dealkylation sites (N-methyl/N-ethyl adjacent to an activating group) is 1. The van der Waals surface area contributed by atoms with Gasteiger partial charge in [-0.2, -0.15) is 0 Å². The van der Waals surface area contributed by atoms with Gasteiger partial charge in [-0.15, -0.1) is 0 Å². The first-order chi connectivity index (χ1) is 39.6. The molecule has 0 amide bonds. The lowest BCUT2D eigenvalue weighted by Crippen LogP contribution is -2.40. The number of carbonyl (C=O) groups is 3. The van der Waals surface area contributed by atoms with Crippen LogP contribution in [0.25, 0.3) is 0 Å². The van der Waals surface area contributed by atoms with E-state index in [0.717, 1.165) is 154 Å². The molecule has 0 aromatic rings. The number of hydrogen-bond acceptors (Lipinski definition) is 7. The number of esters is 2. The van der Waals surface area contributed by atoms with Crippen LogP contribution in [-0.2, 0) is 33.3 Å². The average molecular weight is 1120 g/mol. The van der Waals surface area contributed by atoms with E-state index in [0.29, 0.717) is 17.4 Å². The number of nitrogens with zero attached hydrogens (tertiary/aromatic N) is 1. The summed E-state index contributed by atoms with van der Waals surface area (Å²) >= 11 is 0. The smallest absolute Gasteiger partial charge is 0.361 e. The normalized spacial score (nSPS) is 13.8. The molecule has 2 unspecified atom stereocenters. The first-order valence-corrected chi connectivity index (χ1v) is 31.6. The van der Waals surface area contributed by atoms with Crippen molar-refractivity contribution in [3.63, 3.8) is 0 Å². The van der Waals surface area contributed by atoms with Crippen molar-refractivity contribution in [2.75, 3.05) is 47.5 Å². The monoisotopic (exact) mass is 1120 g/mol. The van der Waals surface area contributed by atoms with Gasteiger partial charge in [0.2, 0.25) is 0 Å². The molecule has 0 aliphatic carbocycles. The van der Waals surface area contributed by atoms with Gasteiger partial charge in [0.05, 0.1) is 34.4 Å². The van der Waals surface area contributed by atoms with Gasteiger partial charge in [-0.3, -0.25) is 9.59 Å². The molecule has 0 spiro atoms. The van der Waals surface area contributed by atoms with Crippen molar-refractivity contribution in [2.45, 2.75) is 232 Å². The molecule has 9 nitrogen and oxygen atoms in total. The predicted octanol–water partition coefficient (Wildman–Crippen LogP) is 19.3. The third-order valence-electron chi connectivity index (χ3n) is 12.8. The van der Waals surface area contributed by atoms with Gasteiger partial charge in [0.25, 0.3) is 6.29 Å². The fourth-order valence-corrected chi connectivity index (χ4v) is 8.00. The molecule has 0 fully saturated rings. The molecule has 0 aromatic carbocycles. The maximum absolute atomic E-state index is 12.9. The summed E-state index contributed by atoms with van der Waals surface area (Å²) in [6, 6.07) is 0. The van der Waals surface area contributed by atoms with E-state index in [9.17, 15) is 19.5 Å². The van der Waals surface area contributed by atoms with Crippen LogP contribution in [0.15, 0.2) is 158 Å². The number of carboxylic acid groups (broad SMARTS) is 1. The van der Waals surface area contributed by atoms with Gasteiger partial charge in [0, 0.05) is 12.8 Å². The summed E-state index contributed by atoms with van der Waals surface area (Å²) in [6.45, 7) is 4.60. The molecule has 1 N–H and O–H groups in total. The predicted molar refractivity (Wildman–Crippen MR) is 345 cm³/mol. The first-order valence-electron chi connectivity index (χ1n) is 31.6. The fourth-order valence-electron chi connectivity index (χ4n) is 8.00. The van der Waals surface area contributed by atoms with Crippen LogP contribution in [0.3, 0.4) is 0 Å². The van der Waals surface area contributed by atoms with Gasteiger partial charge in [-0.05, 0) is 122 Å². The van der Waals surface area contributed by atoms with Crippen molar-refractivity contribution in [2.24, 2.45) is 0 Å². The molecule has 0 saturated heterocycles. The molecule has 2 atom stereocenters. The Morgan fingerprint density at radius 1 is 0.370 bits per heavy atom. The summed E-state index contributed by atoms with van der Waals surface area (Å²) in [4.78, 5) is 37.5. The van der Waals surface area contributed by atoms with Gasteiger partial charge in [-0.1, -0.05) is 242 Å². The summed E-state index contributed by atoms with van der Waals surface area (Å²) in [5.74, 6) is -2.05. The summed E-state index contributed by atoms with van der Waals surface area (Å²) in [7, 11) is 5.95. The molecule has 0 aromatic heterocycles. The Balaban J connectivity index is 4.23. The van der Waals surface area contributed by atoms with E-state index in [1.807, 2.05) is 21.1 Å². The minimum absolute atomic E-state index is 0.175. The van der Waals surface area contributed by atoms with E-state index < -0.39 is 24.3 Å². The highest BCUT2D eigenvalue weighted by atomic mass is 16.7. The number of quaternary nitrogens is 1. The van der Waals surface area contributed by atoms with Crippen LogP contribution in [0.5, 0.6) is 0 Å².